The molecule has 22 heavy (non-hydrogen) atoms. The first-order valence-corrected chi connectivity index (χ1v) is 9.46. The van der Waals surface area contributed by atoms with Crippen LogP contribution in [0.4, 0.5) is 0 Å². The second-order valence-corrected chi connectivity index (χ2v) is 7.10. The van der Waals surface area contributed by atoms with Crippen molar-refractivity contribution < 1.29 is 4.79 Å². The van der Waals surface area contributed by atoms with Crippen LogP contribution in [-0.4, -0.2) is 42.7 Å². The van der Waals surface area contributed by atoms with Crippen LogP contribution in [0.1, 0.15) is 30.9 Å². The zero-order chi connectivity index (χ0) is 15.8. The van der Waals surface area contributed by atoms with E-state index in [-0.39, 0.29) is 0 Å². The SMILES string of the molecule is CCNCC1CCN(C(=O)CSCc2cccc(C)c2)CC1. The predicted molar refractivity (Wildman–Crippen MR) is 95.2 cm³/mol. The molecule has 2 rings (SSSR count). The second kappa shape index (κ2) is 9.21. The van der Waals surface area contributed by atoms with Gasteiger partial charge in [-0.1, -0.05) is 36.8 Å². The molecule has 0 aromatic heterocycles. The lowest BCUT2D eigenvalue weighted by atomic mass is 9.97. The molecule has 0 radical (unpaired) electrons. The van der Waals surface area contributed by atoms with E-state index in [1.54, 1.807) is 11.8 Å². The van der Waals surface area contributed by atoms with Gasteiger partial charge in [-0.2, -0.15) is 0 Å². The van der Waals surface area contributed by atoms with Gasteiger partial charge >= 0.3 is 0 Å². The zero-order valence-corrected chi connectivity index (χ0v) is 14.6. The molecule has 0 saturated carbocycles. The van der Waals surface area contributed by atoms with Crippen molar-refractivity contribution in [2.24, 2.45) is 5.92 Å². The quantitative estimate of drug-likeness (QED) is 0.838. The van der Waals surface area contributed by atoms with Crippen molar-refractivity contribution in [3.8, 4) is 0 Å². The molecule has 4 heteroatoms. The Balaban J connectivity index is 1.66. The van der Waals surface area contributed by atoms with E-state index in [0.29, 0.717) is 11.7 Å². The molecule has 1 aromatic rings. The Hall–Kier alpha value is -1.00. The number of nitrogens with zero attached hydrogens (tertiary/aromatic N) is 1. The van der Waals surface area contributed by atoms with Crippen LogP contribution >= 0.6 is 11.8 Å². The number of thioether (sulfide) groups is 1. The Morgan fingerprint density at radius 3 is 2.82 bits per heavy atom. The van der Waals surface area contributed by atoms with E-state index in [9.17, 15) is 4.79 Å². The first-order valence-electron chi connectivity index (χ1n) is 8.30. The topological polar surface area (TPSA) is 32.3 Å². The number of aryl methyl sites for hydroxylation is 1. The standard InChI is InChI=1S/C18H28N2OS/c1-3-19-12-16-7-9-20(10-8-16)18(21)14-22-13-17-6-4-5-15(2)11-17/h4-6,11,16,19H,3,7-10,12-14H2,1-2H3. The minimum atomic E-state index is 0.305. The highest BCUT2D eigenvalue weighted by Crippen LogP contribution is 2.19. The Morgan fingerprint density at radius 1 is 1.36 bits per heavy atom. The van der Waals surface area contributed by atoms with Crippen LogP contribution in [0.2, 0.25) is 0 Å². The molecule has 1 aliphatic rings. The molecule has 1 heterocycles. The van der Waals surface area contributed by atoms with Crippen molar-refractivity contribution in [1.29, 1.82) is 0 Å². The van der Waals surface area contributed by atoms with Crippen molar-refractivity contribution in [3.63, 3.8) is 0 Å². The third kappa shape index (κ3) is 5.65. The number of carbonyl (C=O) groups excluding carboxylic acids is 1. The molecule has 1 aliphatic heterocycles. The molecule has 0 aliphatic carbocycles. The molecule has 1 amide bonds. The lowest BCUT2D eigenvalue weighted by Gasteiger charge is -2.32. The molecule has 0 spiro atoms. The van der Waals surface area contributed by atoms with Gasteiger partial charge in [0.1, 0.15) is 0 Å². The molecule has 0 atom stereocenters. The average Bonchev–Trinajstić information content (AvgIpc) is 2.53. The maximum atomic E-state index is 12.3. The minimum absolute atomic E-state index is 0.305. The molecule has 0 bridgehead atoms. The first kappa shape index (κ1) is 17.4. The number of rotatable bonds is 7. The number of likely N-dealkylation sites (tertiary alicyclic amines) is 1. The molecular formula is C18H28N2OS. The average molecular weight is 321 g/mol. The van der Waals surface area contributed by atoms with E-state index >= 15 is 0 Å². The minimum Gasteiger partial charge on any atom is -0.342 e. The third-order valence-electron chi connectivity index (χ3n) is 4.23. The number of nitrogens with one attached hydrogen (secondary N) is 1. The molecule has 1 fully saturated rings. The summed E-state index contributed by atoms with van der Waals surface area (Å²) in [6, 6.07) is 8.53. The van der Waals surface area contributed by atoms with Crippen LogP contribution in [-0.2, 0) is 10.5 Å². The van der Waals surface area contributed by atoms with Crippen LogP contribution < -0.4 is 5.32 Å². The van der Waals surface area contributed by atoms with Gasteiger partial charge in [-0.05, 0) is 44.3 Å². The number of piperidine rings is 1. The van der Waals surface area contributed by atoms with E-state index in [1.807, 2.05) is 4.90 Å². The molecule has 1 saturated heterocycles. The molecule has 1 N–H and O–H groups in total. The number of amides is 1. The van der Waals surface area contributed by atoms with Crippen molar-refractivity contribution in [2.75, 3.05) is 31.9 Å². The van der Waals surface area contributed by atoms with Crippen LogP contribution in [0, 0.1) is 12.8 Å². The van der Waals surface area contributed by atoms with Gasteiger partial charge in [0.15, 0.2) is 0 Å². The summed E-state index contributed by atoms with van der Waals surface area (Å²) in [4.78, 5) is 14.3. The summed E-state index contributed by atoms with van der Waals surface area (Å²) in [6.45, 7) is 8.25. The highest BCUT2D eigenvalue weighted by Gasteiger charge is 2.22. The Kier molecular flexibility index (Phi) is 7.26. The van der Waals surface area contributed by atoms with Gasteiger partial charge in [0.05, 0.1) is 5.75 Å². The van der Waals surface area contributed by atoms with E-state index in [0.717, 1.165) is 50.7 Å². The van der Waals surface area contributed by atoms with Crippen molar-refractivity contribution in [3.05, 3.63) is 35.4 Å². The van der Waals surface area contributed by atoms with Gasteiger partial charge in [0, 0.05) is 18.8 Å². The first-order chi connectivity index (χ1) is 10.7. The van der Waals surface area contributed by atoms with E-state index in [2.05, 4.69) is 43.4 Å². The molecular weight excluding hydrogens is 292 g/mol. The van der Waals surface area contributed by atoms with Crippen LogP contribution in [0.5, 0.6) is 0 Å². The van der Waals surface area contributed by atoms with Crippen molar-refractivity contribution >= 4 is 17.7 Å². The smallest absolute Gasteiger partial charge is 0.232 e. The normalized spacial score (nSPS) is 16.0. The van der Waals surface area contributed by atoms with Gasteiger partial charge in [0.25, 0.3) is 0 Å². The summed E-state index contributed by atoms with van der Waals surface area (Å²) >= 11 is 1.73. The van der Waals surface area contributed by atoms with Gasteiger partial charge in [0.2, 0.25) is 5.91 Å². The highest BCUT2D eigenvalue weighted by atomic mass is 32.2. The fraction of sp³-hybridized carbons (Fsp3) is 0.611. The third-order valence-corrected chi connectivity index (χ3v) is 5.22. The molecule has 0 unspecified atom stereocenters. The summed E-state index contributed by atoms with van der Waals surface area (Å²) in [5.41, 5.74) is 2.59. The van der Waals surface area contributed by atoms with Crippen LogP contribution in [0.15, 0.2) is 24.3 Å². The van der Waals surface area contributed by atoms with Crippen LogP contribution in [0.25, 0.3) is 0 Å². The maximum Gasteiger partial charge on any atom is 0.232 e. The Labute approximate surface area is 138 Å². The fourth-order valence-electron chi connectivity index (χ4n) is 2.88. The summed E-state index contributed by atoms with van der Waals surface area (Å²) < 4.78 is 0. The van der Waals surface area contributed by atoms with Gasteiger partial charge in [-0.3, -0.25) is 4.79 Å². The number of hydrogen-bond donors (Lipinski definition) is 1. The lowest BCUT2D eigenvalue weighted by molar-refractivity contribution is -0.129. The molecule has 3 nitrogen and oxygen atoms in total. The maximum absolute atomic E-state index is 12.3. The Bertz CT molecular complexity index is 470. The summed E-state index contributed by atoms with van der Waals surface area (Å²) in [5.74, 6) is 2.57. The van der Waals surface area contributed by atoms with Crippen molar-refractivity contribution in [1.82, 2.24) is 10.2 Å². The monoisotopic (exact) mass is 320 g/mol. The van der Waals surface area contributed by atoms with E-state index in [4.69, 9.17) is 0 Å². The molecule has 122 valence electrons. The summed E-state index contributed by atoms with van der Waals surface area (Å²) in [5, 5.41) is 3.41. The van der Waals surface area contributed by atoms with Gasteiger partial charge in [-0.25, -0.2) is 0 Å². The van der Waals surface area contributed by atoms with Crippen molar-refractivity contribution in [2.45, 2.75) is 32.4 Å². The Morgan fingerprint density at radius 2 is 2.14 bits per heavy atom. The fourth-order valence-corrected chi connectivity index (χ4v) is 3.76. The number of carbonyl (C=O) groups is 1. The molecule has 1 aromatic carbocycles. The second-order valence-electron chi connectivity index (χ2n) is 6.11. The zero-order valence-electron chi connectivity index (χ0n) is 13.8. The lowest BCUT2D eigenvalue weighted by Crippen LogP contribution is -2.41. The van der Waals surface area contributed by atoms with Gasteiger partial charge in [-0.15, -0.1) is 11.8 Å². The summed E-state index contributed by atoms with van der Waals surface area (Å²) in [7, 11) is 0. The van der Waals surface area contributed by atoms with E-state index < -0.39 is 0 Å². The summed E-state index contributed by atoms with van der Waals surface area (Å²) in [6.07, 6.45) is 2.28. The number of benzene rings is 1. The van der Waals surface area contributed by atoms with Gasteiger partial charge < -0.3 is 10.2 Å². The van der Waals surface area contributed by atoms with E-state index in [1.165, 1.54) is 11.1 Å². The predicted octanol–water partition coefficient (Wildman–Crippen LogP) is 3.08. The largest absolute Gasteiger partial charge is 0.342 e. The highest BCUT2D eigenvalue weighted by molar-refractivity contribution is 7.99. The van der Waals surface area contributed by atoms with Crippen LogP contribution in [0.3, 0.4) is 0 Å². The number of hydrogen-bond acceptors (Lipinski definition) is 3.